The molecular weight excluding hydrogens is 232 g/mol. The zero-order valence-electron chi connectivity index (χ0n) is 10.7. The van der Waals surface area contributed by atoms with E-state index in [1.165, 1.54) is 0 Å². The lowest BCUT2D eigenvalue weighted by atomic mass is 9.91. The van der Waals surface area contributed by atoms with Crippen LogP contribution in [-0.2, 0) is 9.59 Å². The van der Waals surface area contributed by atoms with Crippen molar-refractivity contribution in [2.24, 2.45) is 5.92 Å². The van der Waals surface area contributed by atoms with Crippen LogP contribution in [0.4, 0.5) is 0 Å². The third kappa shape index (κ3) is 3.74. The Morgan fingerprint density at radius 2 is 2.28 bits per heavy atom. The molecule has 0 aromatic carbocycles. The number of likely N-dealkylation sites (tertiary alicyclic amines) is 1. The molecule has 1 heterocycles. The van der Waals surface area contributed by atoms with Gasteiger partial charge >= 0.3 is 0 Å². The molecule has 0 aromatic rings. The van der Waals surface area contributed by atoms with Gasteiger partial charge in [0.15, 0.2) is 0 Å². The summed E-state index contributed by atoms with van der Waals surface area (Å²) < 4.78 is 0. The van der Waals surface area contributed by atoms with Gasteiger partial charge in [-0.3, -0.25) is 9.59 Å². The molecule has 1 rings (SSSR count). The smallest absolute Gasteiger partial charge is 0.232 e. The molecule has 0 radical (unpaired) electrons. The van der Waals surface area contributed by atoms with Crippen LogP contribution in [0.15, 0.2) is 0 Å². The van der Waals surface area contributed by atoms with E-state index in [4.69, 9.17) is 6.42 Å². The molecule has 100 valence electrons. The van der Waals surface area contributed by atoms with Crippen LogP contribution in [0.1, 0.15) is 26.2 Å². The normalized spacial score (nSPS) is 23.3. The Balaban J connectivity index is 2.54. The number of hydrogen-bond acceptors (Lipinski definition) is 3. The van der Waals surface area contributed by atoms with Crippen molar-refractivity contribution in [2.75, 3.05) is 19.7 Å². The second-order valence-corrected chi connectivity index (χ2v) is 4.61. The number of rotatable bonds is 4. The predicted molar refractivity (Wildman–Crippen MR) is 67.4 cm³/mol. The van der Waals surface area contributed by atoms with Gasteiger partial charge in [0.25, 0.3) is 0 Å². The second kappa shape index (κ2) is 7.02. The Bertz CT molecular complexity index is 349. The fraction of sp³-hybridized carbons (Fsp3) is 0.692. The molecule has 5 heteroatoms. The van der Waals surface area contributed by atoms with Gasteiger partial charge in [0, 0.05) is 6.54 Å². The maximum atomic E-state index is 12.0. The van der Waals surface area contributed by atoms with E-state index < -0.39 is 0 Å². The Hall–Kier alpha value is -1.54. The van der Waals surface area contributed by atoms with Crippen LogP contribution < -0.4 is 5.32 Å². The summed E-state index contributed by atoms with van der Waals surface area (Å²) in [6.45, 7) is 2.69. The molecule has 1 fully saturated rings. The van der Waals surface area contributed by atoms with Crippen LogP contribution in [0.25, 0.3) is 0 Å². The first-order chi connectivity index (χ1) is 8.60. The molecule has 2 atom stereocenters. The quantitative estimate of drug-likeness (QED) is 0.535. The number of aliphatic hydroxyl groups is 1. The summed E-state index contributed by atoms with van der Waals surface area (Å²) in [5.41, 5.74) is 0. The summed E-state index contributed by atoms with van der Waals surface area (Å²) in [6, 6.07) is -0.174. The van der Waals surface area contributed by atoms with Gasteiger partial charge in [-0.05, 0) is 18.8 Å². The molecule has 0 spiro atoms. The maximum Gasteiger partial charge on any atom is 0.232 e. The van der Waals surface area contributed by atoms with E-state index in [1.54, 1.807) is 4.90 Å². The topological polar surface area (TPSA) is 69.6 Å². The van der Waals surface area contributed by atoms with Gasteiger partial charge in [0.1, 0.15) is 6.42 Å². The summed E-state index contributed by atoms with van der Waals surface area (Å²) in [7, 11) is 0. The highest BCUT2D eigenvalue weighted by molar-refractivity contribution is 5.97. The minimum absolute atomic E-state index is 0.0567. The molecule has 1 aliphatic heterocycles. The molecule has 1 saturated heterocycles. The number of aliphatic hydroxyl groups excluding tert-OH is 1. The molecule has 2 unspecified atom stereocenters. The highest BCUT2D eigenvalue weighted by atomic mass is 16.3. The molecule has 0 saturated carbocycles. The van der Waals surface area contributed by atoms with Crippen LogP contribution in [0.3, 0.4) is 0 Å². The highest BCUT2D eigenvalue weighted by Gasteiger charge is 2.31. The third-order valence-corrected chi connectivity index (χ3v) is 3.32. The number of amides is 2. The summed E-state index contributed by atoms with van der Waals surface area (Å²) in [4.78, 5) is 25.0. The summed E-state index contributed by atoms with van der Waals surface area (Å²) >= 11 is 0. The maximum absolute atomic E-state index is 12.0. The summed E-state index contributed by atoms with van der Waals surface area (Å²) in [5, 5.41) is 11.8. The summed E-state index contributed by atoms with van der Waals surface area (Å²) in [6.07, 6.45) is 6.73. The number of terminal acetylenes is 1. The van der Waals surface area contributed by atoms with E-state index >= 15 is 0 Å². The van der Waals surface area contributed by atoms with Gasteiger partial charge in [-0.1, -0.05) is 12.8 Å². The van der Waals surface area contributed by atoms with Crippen LogP contribution in [0.5, 0.6) is 0 Å². The Morgan fingerprint density at radius 1 is 1.56 bits per heavy atom. The zero-order valence-corrected chi connectivity index (χ0v) is 10.7. The van der Waals surface area contributed by atoms with Gasteiger partial charge in [0.05, 0.1) is 19.2 Å². The number of nitrogens with one attached hydrogen (secondary N) is 1. The van der Waals surface area contributed by atoms with Crippen molar-refractivity contribution >= 4 is 11.8 Å². The molecule has 0 aromatic heterocycles. The number of carbonyl (C=O) groups excluding carboxylic acids is 2. The van der Waals surface area contributed by atoms with Gasteiger partial charge in [-0.25, -0.2) is 0 Å². The van der Waals surface area contributed by atoms with E-state index in [0.29, 0.717) is 6.54 Å². The van der Waals surface area contributed by atoms with Gasteiger partial charge in [0.2, 0.25) is 11.8 Å². The molecule has 1 aliphatic rings. The lowest BCUT2D eigenvalue weighted by molar-refractivity contribution is -0.141. The summed E-state index contributed by atoms with van der Waals surface area (Å²) in [5.74, 6) is 1.94. The molecule has 0 bridgehead atoms. The number of hydrogen-bond donors (Lipinski definition) is 2. The van der Waals surface area contributed by atoms with Crippen molar-refractivity contribution in [3.05, 3.63) is 0 Å². The molecule has 2 amide bonds. The van der Waals surface area contributed by atoms with Crippen LogP contribution >= 0.6 is 0 Å². The van der Waals surface area contributed by atoms with Crippen molar-refractivity contribution in [3.8, 4) is 12.3 Å². The Labute approximate surface area is 108 Å². The zero-order chi connectivity index (χ0) is 13.5. The van der Waals surface area contributed by atoms with E-state index in [2.05, 4.69) is 11.2 Å². The average Bonchev–Trinajstić information content (AvgIpc) is 2.35. The second-order valence-electron chi connectivity index (χ2n) is 4.61. The SMILES string of the molecule is C#CCNC(=O)CC(=O)N1CCCC(C)C1CO. The molecule has 0 aliphatic carbocycles. The van der Waals surface area contributed by atoms with Crippen LogP contribution in [0.2, 0.25) is 0 Å². The lowest BCUT2D eigenvalue weighted by Gasteiger charge is -2.39. The van der Waals surface area contributed by atoms with Crippen molar-refractivity contribution in [3.63, 3.8) is 0 Å². The third-order valence-electron chi connectivity index (χ3n) is 3.32. The molecule has 18 heavy (non-hydrogen) atoms. The van der Waals surface area contributed by atoms with Crippen molar-refractivity contribution in [1.29, 1.82) is 0 Å². The van der Waals surface area contributed by atoms with E-state index in [-0.39, 0.29) is 43.3 Å². The number of nitrogens with zero attached hydrogens (tertiary/aromatic N) is 1. The standard InChI is InChI=1S/C13H20N2O3/c1-3-6-14-12(17)8-13(18)15-7-4-5-10(2)11(15)9-16/h1,10-11,16H,4-9H2,2H3,(H,14,17). The fourth-order valence-corrected chi connectivity index (χ4v) is 2.29. The minimum atomic E-state index is -0.368. The molecule has 2 N–H and O–H groups in total. The monoisotopic (exact) mass is 252 g/mol. The van der Waals surface area contributed by atoms with E-state index in [1.807, 2.05) is 6.92 Å². The first-order valence-electron chi connectivity index (χ1n) is 6.20. The van der Waals surface area contributed by atoms with Crippen molar-refractivity contribution < 1.29 is 14.7 Å². The van der Waals surface area contributed by atoms with Gasteiger partial charge in [-0.15, -0.1) is 6.42 Å². The van der Waals surface area contributed by atoms with Crippen molar-refractivity contribution in [1.82, 2.24) is 10.2 Å². The first kappa shape index (κ1) is 14.5. The van der Waals surface area contributed by atoms with E-state index in [0.717, 1.165) is 12.8 Å². The van der Waals surface area contributed by atoms with Crippen molar-refractivity contribution in [2.45, 2.75) is 32.2 Å². The van der Waals surface area contributed by atoms with Gasteiger partial charge < -0.3 is 15.3 Å². The molecule has 5 nitrogen and oxygen atoms in total. The lowest BCUT2D eigenvalue weighted by Crippen LogP contribution is -2.50. The first-order valence-corrected chi connectivity index (χ1v) is 6.20. The van der Waals surface area contributed by atoms with Gasteiger partial charge in [-0.2, -0.15) is 0 Å². The Kier molecular flexibility index (Phi) is 5.66. The number of piperidine rings is 1. The molecular formula is C13H20N2O3. The predicted octanol–water partition coefficient (Wildman–Crippen LogP) is -0.255. The van der Waals surface area contributed by atoms with Crippen LogP contribution in [0, 0.1) is 18.3 Å². The fourth-order valence-electron chi connectivity index (χ4n) is 2.29. The highest BCUT2D eigenvalue weighted by Crippen LogP contribution is 2.23. The average molecular weight is 252 g/mol. The Morgan fingerprint density at radius 3 is 2.89 bits per heavy atom. The number of carbonyl (C=O) groups is 2. The van der Waals surface area contributed by atoms with E-state index in [9.17, 15) is 14.7 Å². The minimum Gasteiger partial charge on any atom is -0.394 e. The van der Waals surface area contributed by atoms with Crippen LogP contribution in [-0.4, -0.2) is 47.6 Å². The largest absolute Gasteiger partial charge is 0.394 e.